The Morgan fingerprint density at radius 3 is 2.61 bits per heavy atom. The molecule has 0 radical (unpaired) electrons. The molecule has 2 fully saturated rings. The van der Waals surface area contributed by atoms with Gasteiger partial charge in [-0.3, -0.25) is 9.59 Å². The standard InChI is InChI=1S/C12H21N3O3/c16-11(14-10-1-2-10)9-13-4-3-12(17)15-5-7-18-8-6-15/h10,13H,1-9H2,(H,14,16). The molecule has 1 heterocycles. The van der Waals surface area contributed by atoms with Crippen LogP contribution >= 0.6 is 0 Å². The summed E-state index contributed by atoms with van der Waals surface area (Å²) in [4.78, 5) is 24.9. The summed E-state index contributed by atoms with van der Waals surface area (Å²) >= 11 is 0. The van der Waals surface area contributed by atoms with E-state index in [2.05, 4.69) is 10.6 Å². The summed E-state index contributed by atoms with van der Waals surface area (Å²) in [5.41, 5.74) is 0. The largest absolute Gasteiger partial charge is 0.378 e. The molecule has 6 heteroatoms. The van der Waals surface area contributed by atoms with Crippen LogP contribution in [0, 0.1) is 0 Å². The van der Waals surface area contributed by atoms with E-state index in [9.17, 15) is 9.59 Å². The Morgan fingerprint density at radius 1 is 1.22 bits per heavy atom. The topological polar surface area (TPSA) is 70.7 Å². The first-order chi connectivity index (χ1) is 8.75. The molecular weight excluding hydrogens is 234 g/mol. The highest BCUT2D eigenvalue weighted by atomic mass is 16.5. The third-order valence-electron chi connectivity index (χ3n) is 3.11. The van der Waals surface area contributed by atoms with E-state index in [-0.39, 0.29) is 11.8 Å². The Bertz CT molecular complexity index is 299. The van der Waals surface area contributed by atoms with Crippen LogP contribution in [0.4, 0.5) is 0 Å². The van der Waals surface area contributed by atoms with E-state index in [4.69, 9.17) is 4.74 Å². The molecule has 1 saturated heterocycles. The molecule has 0 bridgehead atoms. The third kappa shape index (κ3) is 4.62. The van der Waals surface area contributed by atoms with Crippen molar-refractivity contribution in [2.45, 2.75) is 25.3 Å². The fourth-order valence-corrected chi connectivity index (χ4v) is 1.87. The van der Waals surface area contributed by atoms with Crippen molar-refractivity contribution in [3.05, 3.63) is 0 Å². The van der Waals surface area contributed by atoms with Gasteiger partial charge in [-0.25, -0.2) is 0 Å². The Balaban J connectivity index is 1.51. The average molecular weight is 255 g/mol. The molecule has 0 aromatic rings. The molecule has 0 atom stereocenters. The quantitative estimate of drug-likeness (QED) is 0.604. The van der Waals surface area contributed by atoms with Gasteiger partial charge in [-0.15, -0.1) is 0 Å². The van der Waals surface area contributed by atoms with Gasteiger partial charge in [-0.1, -0.05) is 0 Å². The van der Waals surface area contributed by atoms with Crippen LogP contribution in [-0.2, 0) is 14.3 Å². The van der Waals surface area contributed by atoms with Crippen LogP contribution in [0.5, 0.6) is 0 Å². The fourth-order valence-electron chi connectivity index (χ4n) is 1.87. The fraction of sp³-hybridized carbons (Fsp3) is 0.833. The number of nitrogens with zero attached hydrogens (tertiary/aromatic N) is 1. The molecule has 102 valence electrons. The van der Waals surface area contributed by atoms with E-state index in [1.807, 2.05) is 4.90 Å². The number of nitrogens with one attached hydrogen (secondary N) is 2. The van der Waals surface area contributed by atoms with Crippen LogP contribution in [0.2, 0.25) is 0 Å². The highest BCUT2D eigenvalue weighted by Crippen LogP contribution is 2.18. The van der Waals surface area contributed by atoms with Gasteiger partial charge in [0.1, 0.15) is 0 Å². The van der Waals surface area contributed by atoms with Gasteiger partial charge in [0.25, 0.3) is 0 Å². The highest BCUT2D eigenvalue weighted by Gasteiger charge is 2.22. The van der Waals surface area contributed by atoms with Crippen molar-refractivity contribution in [1.29, 1.82) is 0 Å². The molecule has 6 nitrogen and oxygen atoms in total. The normalized spacial score (nSPS) is 19.7. The van der Waals surface area contributed by atoms with Gasteiger partial charge in [-0.05, 0) is 12.8 Å². The molecule has 2 rings (SSSR count). The zero-order valence-corrected chi connectivity index (χ0v) is 10.6. The molecular formula is C12H21N3O3. The lowest BCUT2D eigenvalue weighted by molar-refractivity contribution is -0.135. The lowest BCUT2D eigenvalue weighted by Crippen LogP contribution is -2.42. The molecule has 0 unspecified atom stereocenters. The molecule has 18 heavy (non-hydrogen) atoms. The van der Waals surface area contributed by atoms with Crippen LogP contribution in [0.25, 0.3) is 0 Å². The van der Waals surface area contributed by atoms with Gasteiger partial charge in [-0.2, -0.15) is 0 Å². The molecule has 1 saturated carbocycles. The number of carbonyl (C=O) groups excluding carboxylic acids is 2. The number of hydrogen-bond donors (Lipinski definition) is 2. The summed E-state index contributed by atoms with van der Waals surface area (Å²) in [7, 11) is 0. The second kappa shape index (κ2) is 6.70. The summed E-state index contributed by atoms with van der Waals surface area (Å²) in [5.74, 6) is 0.157. The summed E-state index contributed by atoms with van der Waals surface area (Å²) < 4.78 is 5.19. The molecule has 2 N–H and O–H groups in total. The van der Waals surface area contributed by atoms with Gasteiger partial charge in [0, 0.05) is 32.1 Å². The monoisotopic (exact) mass is 255 g/mol. The second-order valence-electron chi connectivity index (χ2n) is 4.76. The van der Waals surface area contributed by atoms with Crippen molar-refractivity contribution in [2.24, 2.45) is 0 Å². The maximum absolute atomic E-state index is 11.8. The molecule has 2 amide bonds. The molecule has 0 aromatic heterocycles. The van der Waals surface area contributed by atoms with Crippen LogP contribution < -0.4 is 10.6 Å². The van der Waals surface area contributed by atoms with E-state index in [1.54, 1.807) is 0 Å². The summed E-state index contributed by atoms with van der Waals surface area (Å²) in [5, 5.41) is 5.89. The van der Waals surface area contributed by atoms with Crippen molar-refractivity contribution in [2.75, 3.05) is 39.4 Å². The number of morpholine rings is 1. The molecule has 0 spiro atoms. The lowest BCUT2D eigenvalue weighted by Gasteiger charge is -2.26. The zero-order chi connectivity index (χ0) is 12.8. The Morgan fingerprint density at radius 2 is 1.94 bits per heavy atom. The Hall–Kier alpha value is -1.14. The van der Waals surface area contributed by atoms with E-state index in [0.717, 1.165) is 12.8 Å². The Labute approximate surface area is 107 Å². The van der Waals surface area contributed by atoms with E-state index < -0.39 is 0 Å². The predicted octanol–water partition coefficient (Wildman–Crippen LogP) is -0.896. The summed E-state index contributed by atoms with van der Waals surface area (Å²) in [6.07, 6.45) is 2.64. The first-order valence-electron chi connectivity index (χ1n) is 6.61. The van der Waals surface area contributed by atoms with E-state index >= 15 is 0 Å². The molecule has 2 aliphatic rings. The van der Waals surface area contributed by atoms with Gasteiger partial charge in [0.05, 0.1) is 19.8 Å². The van der Waals surface area contributed by atoms with E-state index in [1.165, 1.54) is 0 Å². The maximum Gasteiger partial charge on any atom is 0.234 e. The van der Waals surface area contributed by atoms with Gasteiger partial charge in [0.2, 0.25) is 11.8 Å². The third-order valence-corrected chi connectivity index (χ3v) is 3.11. The van der Waals surface area contributed by atoms with Gasteiger partial charge < -0.3 is 20.3 Å². The van der Waals surface area contributed by atoms with Crippen LogP contribution in [0.1, 0.15) is 19.3 Å². The molecule has 0 aromatic carbocycles. The zero-order valence-electron chi connectivity index (χ0n) is 10.6. The number of carbonyl (C=O) groups is 2. The highest BCUT2D eigenvalue weighted by molar-refractivity contribution is 5.79. The second-order valence-corrected chi connectivity index (χ2v) is 4.76. The minimum Gasteiger partial charge on any atom is -0.378 e. The average Bonchev–Trinajstić information content (AvgIpc) is 3.19. The van der Waals surface area contributed by atoms with Gasteiger partial charge in [0.15, 0.2) is 0 Å². The van der Waals surface area contributed by atoms with Gasteiger partial charge >= 0.3 is 0 Å². The molecule has 1 aliphatic carbocycles. The number of ether oxygens (including phenoxy) is 1. The SMILES string of the molecule is O=C(CNCCC(=O)N1CCOCC1)NC1CC1. The number of rotatable bonds is 6. The van der Waals surface area contributed by atoms with Crippen LogP contribution in [0.15, 0.2) is 0 Å². The van der Waals surface area contributed by atoms with Crippen LogP contribution in [0.3, 0.4) is 0 Å². The lowest BCUT2D eigenvalue weighted by atomic mass is 10.3. The smallest absolute Gasteiger partial charge is 0.234 e. The summed E-state index contributed by atoms with van der Waals surface area (Å²) in [6.45, 7) is 3.47. The maximum atomic E-state index is 11.8. The molecule has 1 aliphatic heterocycles. The number of hydrogen-bond acceptors (Lipinski definition) is 4. The van der Waals surface area contributed by atoms with Crippen molar-refractivity contribution < 1.29 is 14.3 Å². The first-order valence-corrected chi connectivity index (χ1v) is 6.61. The van der Waals surface area contributed by atoms with Crippen molar-refractivity contribution >= 4 is 11.8 Å². The van der Waals surface area contributed by atoms with Crippen molar-refractivity contribution in [3.8, 4) is 0 Å². The minimum absolute atomic E-state index is 0.0244. The minimum atomic E-state index is 0.0244. The van der Waals surface area contributed by atoms with Crippen molar-refractivity contribution in [3.63, 3.8) is 0 Å². The van der Waals surface area contributed by atoms with E-state index in [0.29, 0.717) is 51.9 Å². The van der Waals surface area contributed by atoms with Crippen molar-refractivity contribution in [1.82, 2.24) is 15.5 Å². The number of amides is 2. The Kier molecular flexibility index (Phi) is 4.95. The predicted molar refractivity (Wildman–Crippen MR) is 66.1 cm³/mol. The summed E-state index contributed by atoms with van der Waals surface area (Å²) in [6, 6.07) is 0.397. The van der Waals surface area contributed by atoms with Crippen LogP contribution in [-0.4, -0.2) is 62.1 Å². The first kappa shape index (κ1) is 13.3.